The molecular formula is C8H6ClFN2O4. The van der Waals surface area contributed by atoms with Crippen LogP contribution in [-0.4, -0.2) is 18.0 Å². The fourth-order valence-electron chi connectivity index (χ4n) is 1.08. The number of benzene rings is 1. The van der Waals surface area contributed by atoms with E-state index in [9.17, 15) is 19.3 Å². The van der Waals surface area contributed by atoms with Gasteiger partial charge in [-0.25, -0.2) is 4.79 Å². The average Bonchev–Trinajstić information content (AvgIpc) is 2.22. The zero-order valence-corrected chi connectivity index (χ0v) is 8.75. The molecule has 0 bridgehead atoms. The van der Waals surface area contributed by atoms with Gasteiger partial charge in [0.2, 0.25) is 5.82 Å². The van der Waals surface area contributed by atoms with Crippen molar-refractivity contribution < 1.29 is 18.8 Å². The number of carbonyl (C=O) groups excluding carboxylic acids is 1. The molecule has 86 valence electrons. The summed E-state index contributed by atoms with van der Waals surface area (Å²) in [5.41, 5.74) is 3.30. The molecule has 0 saturated heterocycles. The van der Waals surface area contributed by atoms with Crippen molar-refractivity contribution in [3.8, 4) is 0 Å². The fourth-order valence-corrected chi connectivity index (χ4v) is 1.28. The quantitative estimate of drug-likeness (QED) is 0.372. The van der Waals surface area contributed by atoms with Gasteiger partial charge in [0.1, 0.15) is 5.69 Å². The lowest BCUT2D eigenvalue weighted by molar-refractivity contribution is -0.386. The summed E-state index contributed by atoms with van der Waals surface area (Å²) in [4.78, 5) is 20.6. The number of nitrogens with zero attached hydrogens (tertiary/aromatic N) is 1. The molecule has 8 heteroatoms. The number of hydrogen-bond acceptors (Lipinski definition) is 5. The van der Waals surface area contributed by atoms with Crippen LogP contribution in [0.5, 0.6) is 0 Å². The minimum absolute atomic E-state index is 0.347. The Morgan fingerprint density at radius 1 is 1.69 bits per heavy atom. The highest BCUT2D eigenvalue weighted by Crippen LogP contribution is 2.34. The molecule has 1 aromatic rings. The third kappa shape index (κ3) is 1.89. The predicted octanol–water partition coefficient (Wildman–Crippen LogP) is 1.76. The van der Waals surface area contributed by atoms with E-state index < -0.39 is 33.1 Å². The minimum atomic E-state index is -1.28. The van der Waals surface area contributed by atoms with Crippen LogP contribution < -0.4 is 5.73 Å². The number of carbonyl (C=O) groups is 1. The first-order chi connectivity index (χ1) is 7.40. The van der Waals surface area contributed by atoms with Crippen LogP contribution in [0.2, 0.25) is 5.02 Å². The molecule has 0 aliphatic carbocycles. The van der Waals surface area contributed by atoms with E-state index in [1.165, 1.54) is 0 Å². The number of ether oxygens (including phenoxy) is 1. The Balaban J connectivity index is 3.56. The van der Waals surface area contributed by atoms with Crippen molar-refractivity contribution >= 4 is 28.9 Å². The number of esters is 1. The number of halogens is 2. The third-order valence-electron chi connectivity index (χ3n) is 1.82. The van der Waals surface area contributed by atoms with E-state index in [2.05, 4.69) is 4.74 Å². The van der Waals surface area contributed by atoms with Crippen molar-refractivity contribution in [3.63, 3.8) is 0 Å². The predicted molar refractivity (Wildman–Crippen MR) is 53.8 cm³/mol. The number of anilines is 1. The number of nitrogen functional groups attached to an aromatic ring is 1. The average molecular weight is 249 g/mol. The monoisotopic (exact) mass is 248 g/mol. The van der Waals surface area contributed by atoms with Crippen molar-refractivity contribution in [2.45, 2.75) is 0 Å². The summed E-state index contributed by atoms with van der Waals surface area (Å²) in [6.45, 7) is 0. The number of rotatable bonds is 2. The normalized spacial score (nSPS) is 9.94. The van der Waals surface area contributed by atoms with Gasteiger partial charge in [-0.05, 0) is 6.07 Å². The lowest BCUT2D eigenvalue weighted by atomic mass is 10.1. The molecule has 0 aliphatic rings. The van der Waals surface area contributed by atoms with Gasteiger partial charge in [0.05, 0.1) is 22.6 Å². The van der Waals surface area contributed by atoms with Crippen LogP contribution >= 0.6 is 11.6 Å². The van der Waals surface area contributed by atoms with Crippen LogP contribution in [0.25, 0.3) is 0 Å². The number of methoxy groups -OCH3 is 1. The van der Waals surface area contributed by atoms with Gasteiger partial charge in [-0.15, -0.1) is 0 Å². The maximum absolute atomic E-state index is 13.3. The van der Waals surface area contributed by atoms with E-state index in [0.29, 0.717) is 0 Å². The summed E-state index contributed by atoms with van der Waals surface area (Å²) >= 11 is 5.39. The lowest BCUT2D eigenvalue weighted by Gasteiger charge is -2.06. The van der Waals surface area contributed by atoms with Crippen LogP contribution in [0, 0.1) is 15.9 Å². The molecule has 0 fully saturated rings. The Morgan fingerprint density at radius 2 is 2.25 bits per heavy atom. The number of nitro groups is 1. The third-order valence-corrected chi connectivity index (χ3v) is 2.10. The molecule has 1 rings (SSSR count). The molecule has 0 aliphatic heterocycles. The SMILES string of the molecule is COC(=O)c1cc(Cl)c(F)c([N+](=O)[O-])c1N. The summed E-state index contributed by atoms with van der Waals surface area (Å²) < 4.78 is 17.6. The van der Waals surface area contributed by atoms with Gasteiger partial charge >= 0.3 is 11.7 Å². The molecule has 16 heavy (non-hydrogen) atoms. The van der Waals surface area contributed by atoms with Crippen molar-refractivity contribution in [2.75, 3.05) is 12.8 Å². The van der Waals surface area contributed by atoms with Gasteiger partial charge in [-0.2, -0.15) is 4.39 Å². The second-order valence-electron chi connectivity index (χ2n) is 2.73. The van der Waals surface area contributed by atoms with E-state index in [0.717, 1.165) is 13.2 Å². The van der Waals surface area contributed by atoms with Crippen molar-refractivity contribution in [2.24, 2.45) is 0 Å². The standard InChI is InChI=1S/C8H6ClFN2O4/c1-16-8(13)3-2-4(9)5(10)7(6(3)11)12(14)15/h2H,11H2,1H3. The van der Waals surface area contributed by atoms with E-state index in [4.69, 9.17) is 17.3 Å². The molecule has 0 atom stereocenters. The zero-order chi connectivity index (χ0) is 12.5. The van der Waals surface area contributed by atoms with Crippen molar-refractivity contribution in [1.29, 1.82) is 0 Å². The number of nitro benzene ring substituents is 1. The molecule has 0 saturated carbocycles. The zero-order valence-electron chi connectivity index (χ0n) is 7.99. The van der Waals surface area contributed by atoms with Crippen LogP contribution in [0.3, 0.4) is 0 Å². The lowest BCUT2D eigenvalue weighted by Crippen LogP contribution is -2.09. The number of hydrogen-bond donors (Lipinski definition) is 1. The molecule has 2 N–H and O–H groups in total. The summed E-state index contributed by atoms with van der Waals surface area (Å²) in [5.74, 6) is -2.21. The van der Waals surface area contributed by atoms with Crippen LogP contribution in [-0.2, 0) is 4.74 Å². The molecule has 0 radical (unpaired) electrons. The number of nitrogens with two attached hydrogens (primary N) is 1. The van der Waals surface area contributed by atoms with E-state index in [-0.39, 0.29) is 5.56 Å². The maximum atomic E-state index is 13.3. The van der Waals surface area contributed by atoms with Crippen LogP contribution in [0.1, 0.15) is 10.4 Å². The van der Waals surface area contributed by atoms with E-state index >= 15 is 0 Å². The summed E-state index contributed by atoms with van der Waals surface area (Å²) in [7, 11) is 1.06. The van der Waals surface area contributed by atoms with Gasteiger partial charge in [0, 0.05) is 0 Å². The van der Waals surface area contributed by atoms with Gasteiger partial charge in [0.25, 0.3) is 0 Å². The van der Waals surface area contributed by atoms with Crippen LogP contribution in [0.4, 0.5) is 15.8 Å². The molecule has 0 amide bonds. The Morgan fingerprint density at radius 3 is 2.69 bits per heavy atom. The minimum Gasteiger partial charge on any atom is -0.465 e. The van der Waals surface area contributed by atoms with E-state index in [1.54, 1.807) is 0 Å². The maximum Gasteiger partial charge on any atom is 0.340 e. The Bertz CT molecular complexity index is 478. The second-order valence-corrected chi connectivity index (χ2v) is 3.14. The van der Waals surface area contributed by atoms with Crippen molar-refractivity contribution in [1.82, 2.24) is 0 Å². The van der Waals surface area contributed by atoms with Crippen molar-refractivity contribution in [3.05, 3.63) is 32.6 Å². The molecule has 6 nitrogen and oxygen atoms in total. The molecule has 0 unspecified atom stereocenters. The van der Waals surface area contributed by atoms with E-state index in [1.807, 2.05) is 0 Å². The molecule has 0 spiro atoms. The first-order valence-corrected chi connectivity index (χ1v) is 4.28. The fraction of sp³-hybridized carbons (Fsp3) is 0.125. The Kier molecular flexibility index (Phi) is 3.28. The second kappa shape index (κ2) is 4.31. The van der Waals surface area contributed by atoms with Gasteiger partial charge in [0.15, 0.2) is 0 Å². The molecule has 1 aromatic carbocycles. The Labute approximate surface area is 93.9 Å². The topological polar surface area (TPSA) is 95.5 Å². The highest BCUT2D eigenvalue weighted by atomic mass is 35.5. The largest absolute Gasteiger partial charge is 0.465 e. The molecule has 0 aromatic heterocycles. The first-order valence-electron chi connectivity index (χ1n) is 3.90. The van der Waals surface area contributed by atoms with Gasteiger partial charge < -0.3 is 10.5 Å². The summed E-state index contributed by atoms with van der Waals surface area (Å²) in [6.07, 6.45) is 0. The Hall–Kier alpha value is -1.89. The summed E-state index contributed by atoms with van der Waals surface area (Å²) in [5, 5.41) is 9.96. The van der Waals surface area contributed by atoms with Gasteiger partial charge in [-0.1, -0.05) is 11.6 Å². The molecule has 0 heterocycles. The molecular weight excluding hydrogens is 243 g/mol. The smallest absolute Gasteiger partial charge is 0.340 e. The first kappa shape index (κ1) is 12.2. The highest BCUT2D eigenvalue weighted by Gasteiger charge is 2.27. The summed E-state index contributed by atoms with van der Waals surface area (Å²) in [6, 6.07) is 0.880. The van der Waals surface area contributed by atoms with Gasteiger partial charge in [-0.3, -0.25) is 10.1 Å². The highest BCUT2D eigenvalue weighted by molar-refractivity contribution is 6.31. The van der Waals surface area contributed by atoms with Crippen LogP contribution in [0.15, 0.2) is 6.07 Å².